The lowest BCUT2D eigenvalue weighted by Crippen LogP contribution is -2.42. The summed E-state index contributed by atoms with van der Waals surface area (Å²) in [6.45, 7) is 0.916. The second-order valence-electron chi connectivity index (χ2n) is 9.55. The summed E-state index contributed by atoms with van der Waals surface area (Å²) in [4.78, 5) is 33.1. The molecule has 34 heavy (non-hydrogen) atoms. The maximum absolute atomic E-state index is 13.7. The van der Waals surface area contributed by atoms with Crippen molar-refractivity contribution in [1.29, 1.82) is 0 Å². The molecule has 0 unspecified atom stereocenters. The first-order valence-electron chi connectivity index (χ1n) is 12.4. The summed E-state index contributed by atoms with van der Waals surface area (Å²) in [7, 11) is 0. The molecular weight excluding hydrogens is 424 g/mol. The lowest BCUT2D eigenvalue weighted by Gasteiger charge is -2.30. The maximum atomic E-state index is 13.7. The van der Waals surface area contributed by atoms with Gasteiger partial charge >= 0.3 is 0 Å². The van der Waals surface area contributed by atoms with Crippen LogP contribution < -0.4 is 11.3 Å². The van der Waals surface area contributed by atoms with Crippen molar-refractivity contribution in [2.45, 2.75) is 57.5 Å². The highest BCUT2D eigenvalue weighted by Crippen LogP contribution is 2.30. The first-order chi connectivity index (χ1) is 16.6. The number of carbonyl (C=O) groups excluding carboxylic acids is 1. The van der Waals surface area contributed by atoms with Crippen LogP contribution in [0.15, 0.2) is 65.5 Å². The zero-order valence-corrected chi connectivity index (χ0v) is 19.5. The summed E-state index contributed by atoms with van der Waals surface area (Å²) in [5, 5.41) is 0. The molecule has 176 valence electrons. The van der Waals surface area contributed by atoms with Gasteiger partial charge in [0.25, 0.3) is 5.56 Å². The molecule has 1 aliphatic carbocycles. The van der Waals surface area contributed by atoms with Gasteiger partial charge in [-0.1, -0.05) is 86.3 Å². The number of nitrogen functional groups attached to an aromatic ring is 1. The van der Waals surface area contributed by atoms with Gasteiger partial charge in [0.1, 0.15) is 0 Å². The highest BCUT2D eigenvalue weighted by molar-refractivity contribution is 5.76. The Morgan fingerprint density at radius 3 is 2.24 bits per heavy atom. The molecule has 2 heterocycles. The SMILES string of the molecule is Nc1nc2c(c(=O)n1C(c1ccccc1)c1ccccc1)CCN(C(=O)CCC1CCCC1)C2. The molecule has 2 aliphatic rings. The molecule has 5 rings (SSSR count). The fourth-order valence-corrected chi connectivity index (χ4v) is 5.53. The molecule has 0 spiro atoms. The Hall–Kier alpha value is -3.41. The third kappa shape index (κ3) is 4.49. The van der Waals surface area contributed by atoms with Gasteiger partial charge in [0, 0.05) is 18.5 Å². The molecule has 1 saturated carbocycles. The molecule has 1 amide bonds. The maximum Gasteiger partial charge on any atom is 0.259 e. The highest BCUT2D eigenvalue weighted by atomic mass is 16.2. The number of carbonyl (C=O) groups is 1. The van der Waals surface area contributed by atoms with E-state index in [1.54, 1.807) is 4.57 Å². The molecule has 1 fully saturated rings. The Labute approximate surface area is 200 Å². The monoisotopic (exact) mass is 456 g/mol. The lowest BCUT2D eigenvalue weighted by molar-refractivity contribution is -0.132. The Balaban J connectivity index is 1.44. The Kier molecular flexibility index (Phi) is 6.48. The number of hydrogen-bond acceptors (Lipinski definition) is 4. The van der Waals surface area contributed by atoms with Gasteiger partial charge in [0.15, 0.2) is 0 Å². The van der Waals surface area contributed by atoms with Crippen molar-refractivity contribution in [1.82, 2.24) is 14.5 Å². The minimum Gasteiger partial charge on any atom is -0.369 e. The number of nitrogens with zero attached hydrogens (tertiary/aromatic N) is 3. The quantitative estimate of drug-likeness (QED) is 0.599. The van der Waals surface area contributed by atoms with Crippen LogP contribution in [0, 0.1) is 5.92 Å². The number of benzene rings is 2. The first kappa shape index (κ1) is 22.4. The fraction of sp³-hybridized carbons (Fsp3) is 0.393. The van der Waals surface area contributed by atoms with Crippen LogP contribution in [0.3, 0.4) is 0 Å². The molecule has 6 nitrogen and oxygen atoms in total. The van der Waals surface area contributed by atoms with E-state index in [0.717, 1.165) is 17.5 Å². The van der Waals surface area contributed by atoms with Gasteiger partial charge in [0.05, 0.1) is 18.3 Å². The van der Waals surface area contributed by atoms with Gasteiger partial charge < -0.3 is 10.6 Å². The second kappa shape index (κ2) is 9.84. The average Bonchev–Trinajstić information content (AvgIpc) is 3.39. The van der Waals surface area contributed by atoms with Crippen LogP contribution >= 0.6 is 0 Å². The van der Waals surface area contributed by atoms with E-state index in [2.05, 4.69) is 4.98 Å². The normalized spacial score (nSPS) is 16.1. The van der Waals surface area contributed by atoms with Crippen molar-refractivity contribution in [3.05, 3.63) is 93.4 Å². The smallest absolute Gasteiger partial charge is 0.259 e. The standard InChI is InChI=1S/C28H32N4O2/c29-28-30-24-19-31(25(33)16-15-20-9-7-8-10-20)18-17-23(24)27(34)32(28)26(21-11-3-1-4-12-21)22-13-5-2-6-14-22/h1-6,11-14,20,26H,7-10,15-19H2,(H2,29,30). The Morgan fingerprint density at radius 2 is 1.62 bits per heavy atom. The van der Waals surface area contributed by atoms with Gasteiger partial charge in [-0.05, 0) is 29.9 Å². The van der Waals surface area contributed by atoms with Crippen LogP contribution in [-0.4, -0.2) is 26.9 Å². The second-order valence-corrected chi connectivity index (χ2v) is 9.55. The largest absolute Gasteiger partial charge is 0.369 e. The van der Waals surface area contributed by atoms with E-state index in [1.165, 1.54) is 25.7 Å². The van der Waals surface area contributed by atoms with Gasteiger partial charge in [-0.2, -0.15) is 0 Å². The minimum atomic E-state index is -0.362. The first-order valence-corrected chi connectivity index (χ1v) is 12.4. The summed E-state index contributed by atoms with van der Waals surface area (Å²) in [6.07, 6.45) is 7.13. The van der Waals surface area contributed by atoms with Crippen molar-refractivity contribution >= 4 is 11.9 Å². The molecule has 6 heteroatoms. The van der Waals surface area contributed by atoms with Crippen molar-refractivity contribution < 1.29 is 4.79 Å². The molecule has 3 aromatic rings. The van der Waals surface area contributed by atoms with E-state index in [4.69, 9.17) is 5.73 Å². The summed E-state index contributed by atoms with van der Waals surface area (Å²) >= 11 is 0. The predicted molar refractivity (Wildman–Crippen MR) is 133 cm³/mol. The molecule has 0 atom stereocenters. The predicted octanol–water partition coefficient (Wildman–Crippen LogP) is 4.32. The number of rotatable bonds is 6. The van der Waals surface area contributed by atoms with Crippen molar-refractivity contribution in [2.24, 2.45) is 5.92 Å². The summed E-state index contributed by atoms with van der Waals surface area (Å²) in [5.41, 5.74) is 9.58. The van der Waals surface area contributed by atoms with E-state index in [-0.39, 0.29) is 23.5 Å². The zero-order chi connectivity index (χ0) is 23.5. The van der Waals surface area contributed by atoms with Crippen LogP contribution in [0.1, 0.15) is 67.0 Å². The summed E-state index contributed by atoms with van der Waals surface area (Å²) in [5.74, 6) is 1.03. The van der Waals surface area contributed by atoms with Crippen LogP contribution in [-0.2, 0) is 17.8 Å². The number of fused-ring (bicyclic) bond motifs is 1. The van der Waals surface area contributed by atoms with Crippen LogP contribution in [0.2, 0.25) is 0 Å². The highest BCUT2D eigenvalue weighted by Gasteiger charge is 2.29. The number of nitrogens with two attached hydrogens (primary N) is 1. The van der Waals surface area contributed by atoms with E-state index < -0.39 is 0 Å². The van der Waals surface area contributed by atoms with Crippen molar-refractivity contribution in [3.8, 4) is 0 Å². The topological polar surface area (TPSA) is 81.2 Å². The van der Waals surface area contributed by atoms with E-state index >= 15 is 0 Å². The lowest BCUT2D eigenvalue weighted by atomic mass is 9.97. The molecule has 1 aromatic heterocycles. The fourth-order valence-electron chi connectivity index (χ4n) is 5.53. The average molecular weight is 457 g/mol. The molecule has 1 aliphatic heterocycles. The number of amides is 1. The summed E-state index contributed by atoms with van der Waals surface area (Å²) < 4.78 is 1.61. The molecule has 0 bridgehead atoms. The number of hydrogen-bond donors (Lipinski definition) is 1. The van der Waals surface area contributed by atoms with Crippen LogP contribution in [0.25, 0.3) is 0 Å². The van der Waals surface area contributed by atoms with Gasteiger partial charge in [-0.15, -0.1) is 0 Å². The van der Waals surface area contributed by atoms with Crippen molar-refractivity contribution in [2.75, 3.05) is 12.3 Å². The van der Waals surface area contributed by atoms with Crippen molar-refractivity contribution in [3.63, 3.8) is 0 Å². The number of aromatic nitrogens is 2. The number of anilines is 1. The zero-order valence-electron chi connectivity index (χ0n) is 19.5. The van der Waals surface area contributed by atoms with Gasteiger partial charge in [0.2, 0.25) is 11.9 Å². The molecular formula is C28H32N4O2. The minimum absolute atomic E-state index is 0.113. The third-order valence-electron chi connectivity index (χ3n) is 7.38. The Morgan fingerprint density at radius 1 is 1.00 bits per heavy atom. The van der Waals surface area contributed by atoms with E-state index in [1.807, 2.05) is 65.6 Å². The molecule has 0 radical (unpaired) electrons. The van der Waals surface area contributed by atoms with Crippen LogP contribution in [0.4, 0.5) is 5.95 Å². The van der Waals surface area contributed by atoms with Gasteiger partial charge in [-0.25, -0.2) is 4.98 Å². The molecule has 2 N–H and O–H groups in total. The summed E-state index contributed by atoms with van der Waals surface area (Å²) in [6, 6.07) is 19.5. The molecule has 0 saturated heterocycles. The molecule has 2 aromatic carbocycles. The van der Waals surface area contributed by atoms with Crippen LogP contribution in [0.5, 0.6) is 0 Å². The van der Waals surface area contributed by atoms with Gasteiger partial charge in [-0.3, -0.25) is 14.2 Å². The third-order valence-corrected chi connectivity index (χ3v) is 7.38. The Bertz CT molecular complexity index is 1160. The van der Waals surface area contributed by atoms with E-state index in [9.17, 15) is 9.59 Å². The van der Waals surface area contributed by atoms with E-state index in [0.29, 0.717) is 43.1 Å².